The number of nitrogens with one attached hydrogen (secondary N) is 3. The van der Waals surface area contributed by atoms with E-state index in [9.17, 15) is 4.79 Å². The maximum Gasteiger partial charge on any atom is 0.269 e. The number of hydrogen-bond acceptors (Lipinski definition) is 4. The van der Waals surface area contributed by atoms with Gasteiger partial charge in [0.15, 0.2) is 0 Å². The Morgan fingerprint density at radius 3 is 2.88 bits per heavy atom. The smallest absolute Gasteiger partial charge is 0.269 e. The van der Waals surface area contributed by atoms with Crippen molar-refractivity contribution in [3.63, 3.8) is 0 Å². The summed E-state index contributed by atoms with van der Waals surface area (Å²) < 4.78 is 0. The van der Waals surface area contributed by atoms with E-state index in [1.165, 1.54) is 56.3 Å². The molecule has 1 aromatic carbocycles. The Balaban J connectivity index is 1.58. The summed E-state index contributed by atoms with van der Waals surface area (Å²) in [5.74, 6) is 0.684. The van der Waals surface area contributed by atoms with Gasteiger partial charge in [0.05, 0.1) is 0 Å². The van der Waals surface area contributed by atoms with Crippen molar-refractivity contribution in [2.45, 2.75) is 64.8 Å². The summed E-state index contributed by atoms with van der Waals surface area (Å²) in [6, 6.07) is 12.8. The van der Waals surface area contributed by atoms with Gasteiger partial charge in [0.2, 0.25) is 0 Å². The van der Waals surface area contributed by atoms with E-state index in [0.717, 1.165) is 49.5 Å². The highest BCUT2D eigenvalue weighted by Gasteiger charge is 2.12. The van der Waals surface area contributed by atoms with Gasteiger partial charge < -0.3 is 16.0 Å². The van der Waals surface area contributed by atoms with Crippen LogP contribution in [0.4, 0.5) is 0 Å². The minimum absolute atomic E-state index is 0.131. The monoisotopic (exact) mass is 436 g/mol. The van der Waals surface area contributed by atoms with E-state index < -0.39 is 0 Å². The van der Waals surface area contributed by atoms with Crippen LogP contribution >= 0.6 is 0 Å². The molecule has 5 heteroatoms. The standard InChI is InChI=1S/C27H40N4O/c1-3-8-21-10-6-11-23(15-21)16-25-17-24(18-26(31-25)27(32)28-2)20-30-14-7-12-22-9-4-5-13-29-19-22/h6,10-11,15,17-18,22,29-30H,3-5,7-9,12-14,16,19-20H2,1-2H3,(H,28,32)/t22-/m1/s1. The van der Waals surface area contributed by atoms with E-state index in [1.807, 2.05) is 6.07 Å². The van der Waals surface area contributed by atoms with Crippen molar-refractivity contribution < 1.29 is 4.79 Å². The first-order chi connectivity index (χ1) is 15.7. The molecule has 1 amide bonds. The van der Waals surface area contributed by atoms with Crippen LogP contribution in [-0.2, 0) is 19.4 Å². The zero-order valence-electron chi connectivity index (χ0n) is 19.9. The number of carbonyl (C=O) groups excluding carboxylic acids is 1. The van der Waals surface area contributed by atoms with Gasteiger partial charge in [-0.2, -0.15) is 0 Å². The minimum Gasteiger partial charge on any atom is -0.354 e. The fraction of sp³-hybridized carbons (Fsp3) is 0.556. The molecule has 3 N–H and O–H groups in total. The summed E-state index contributed by atoms with van der Waals surface area (Å²) in [7, 11) is 1.66. The highest BCUT2D eigenvalue weighted by Crippen LogP contribution is 2.17. The average Bonchev–Trinajstić information content (AvgIpc) is 3.07. The quantitative estimate of drug-likeness (QED) is 0.461. The fourth-order valence-corrected chi connectivity index (χ4v) is 4.57. The molecule has 1 atom stereocenters. The van der Waals surface area contributed by atoms with Gasteiger partial charge in [-0.15, -0.1) is 0 Å². The Hall–Kier alpha value is -2.24. The first kappa shape index (κ1) is 24.4. The minimum atomic E-state index is -0.131. The molecular weight excluding hydrogens is 396 g/mol. The first-order valence-electron chi connectivity index (χ1n) is 12.4. The third kappa shape index (κ3) is 8.03. The van der Waals surface area contributed by atoms with Crippen LogP contribution in [0.1, 0.15) is 78.3 Å². The Morgan fingerprint density at radius 2 is 2.03 bits per heavy atom. The molecule has 0 spiro atoms. The van der Waals surface area contributed by atoms with E-state index in [-0.39, 0.29) is 5.91 Å². The first-order valence-corrected chi connectivity index (χ1v) is 12.4. The highest BCUT2D eigenvalue weighted by atomic mass is 16.1. The number of aryl methyl sites for hydroxylation is 1. The summed E-state index contributed by atoms with van der Waals surface area (Å²) >= 11 is 0. The number of rotatable bonds is 11. The molecule has 5 nitrogen and oxygen atoms in total. The topological polar surface area (TPSA) is 66.0 Å². The van der Waals surface area contributed by atoms with Crippen LogP contribution in [0.3, 0.4) is 0 Å². The molecule has 1 aliphatic rings. The number of amides is 1. The highest BCUT2D eigenvalue weighted by molar-refractivity contribution is 5.92. The lowest BCUT2D eigenvalue weighted by Crippen LogP contribution is -2.23. The zero-order chi connectivity index (χ0) is 22.6. The zero-order valence-corrected chi connectivity index (χ0v) is 19.9. The van der Waals surface area contributed by atoms with Crippen LogP contribution < -0.4 is 16.0 Å². The van der Waals surface area contributed by atoms with Gasteiger partial charge in [-0.1, -0.05) is 44.0 Å². The average molecular weight is 437 g/mol. The van der Waals surface area contributed by atoms with Crippen molar-refractivity contribution in [3.05, 3.63) is 64.5 Å². The summed E-state index contributed by atoms with van der Waals surface area (Å²) in [5, 5.41) is 9.85. The second-order valence-electron chi connectivity index (χ2n) is 9.06. The number of pyridine rings is 1. The third-order valence-electron chi connectivity index (χ3n) is 6.26. The van der Waals surface area contributed by atoms with Crippen molar-refractivity contribution in [2.24, 2.45) is 5.92 Å². The van der Waals surface area contributed by atoms with E-state index in [2.05, 4.69) is 58.2 Å². The molecule has 1 aliphatic heterocycles. The van der Waals surface area contributed by atoms with Crippen molar-refractivity contribution in [1.82, 2.24) is 20.9 Å². The van der Waals surface area contributed by atoms with E-state index in [4.69, 9.17) is 0 Å². The molecular formula is C27H40N4O. The second-order valence-corrected chi connectivity index (χ2v) is 9.06. The van der Waals surface area contributed by atoms with Crippen molar-refractivity contribution in [2.75, 3.05) is 26.7 Å². The largest absolute Gasteiger partial charge is 0.354 e. The van der Waals surface area contributed by atoms with Gasteiger partial charge in [0.1, 0.15) is 5.69 Å². The molecule has 32 heavy (non-hydrogen) atoms. The van der Waals surface area contributed by atoms with Crippen LogP contribution in [0.5, 0.6) is 0 Å². The molecule has 0 bridgehead atoms. The summed E-state index contributed by atoms with van der Waals surface area (Å²) in [6.45, 7) is 6.31. The van der Waals surface area contributed by atoms with E-state index in [0.29, 0.717) is 5.69 Å². The maximum absolute atomic E-state index is 12.3. The molecule has 1 saturated heterocycles. The molecule has 0 aliphatic carbocycles. The van der Waals surface area contributed by atoms with Crippen LogP contribution in [-0.4, -0.2) is 37.6 Å². The molecule has 0 radical (unpaired) electrons. The summed E-state index contributed by atoms with van der Waals surface area (Å²) in [4.78, 5) is 16.9. The van der Waals surface area contributed by atoms with Gasteiger partial charge in [-0.05, 0) is 86.5 Å². The molecule has 0 unspecified atom stereocenters. The lowest BCUT2D eigenvalue weighted by Gasteiger charge is -2.14. The van der Waals surface area contributed by atoms with E-state index >= 15 is 0 Å². The van der Waals surface area contributed by atoms with Crippen molar-refractivity contribution in [1.29, 1.82) is 0 Å². The summed E-state index contributed by atoms with van der Waals surface area (Å²) in [6.07, 6.45) is 9.46. The van der Waals surface area contributed by atoms with Gasteiger partial charge >= 0.3 is 0 Å². The van der Waals surface area contributed by atoms with Crippen LogP contribution in [0.2, 0.25) is 0 Å². The lowest BCUT2D eigenvalue weighted by atomic mass is 9.98. The molecule has 3 rings (SSSR count). The number of hydrogen-bond donors (Lipinski definition) is 3. The Morgan fingerprint density at radius 1 is 1.16 bits per heavy atom. The van der Waals surface area contributed by atoms with Crippen LogP contribution in [0.15, 0.2) is 36.4 Å². The predicted octanol–water partition coefficient (Wildman–Crippen LogP) is 4.24. The second kappa shape index (κ2) is 13.3. The van der Waals surface area contributed by atoms with Gasteiger partial charge in [-0.3, -0.25) is 4.79 Å². The molecule has 174 valence electrons. The van der Waals surface area contributed by atoms with E-state index in [1.54, 1.807) is 7.05 Å². The number of aromatic nitrogens is 1. The lowest BCUT2D eigenvalue weighted by molar-refractivity contribution is 0.0958. The Bertz CT molecular complexity index is 843. The molecule has 1 aromatic heterocycles. The van der Waals surface area contributed by atoms with Crippen molar-refractivity contribution >= 4 is 5.91 Å². The summed E-state index contributed by atoms with van der Waals surface area (Å²) in [5.41, 5.74) is 5.17. The predicted molar refractivity (Wildman–Crippen MR) is 132 cm³/mol. The van der Waals surface area contributed by atoms with Gasteiger partial charge in [0, 0.05) is 25.7 Å². The molecule has 2 heterocycles. The fourth-order valence-electron chi connectivity index (χ4n) is 4.57. The molecule has 1 fully saturated rings. The third-order valence-corrected chi connectivity index (χ3v) is 6.26. The number of carbonyl (C=O) groups is 1. The van der Waals surface area contributed by atoms with Crippen molar-refractivity contribution in [3.8, 4) is 0 Å². The van der Waals surface area contributed by atoms with Gasteiger partial charge in [-0.25, -0.2) is 4.98 Å². The Labute approximate surface area is 193 Å². The maximum atomic E-state index is 12.3. The van der Waals surface area contributed by atoms with Crippen LogP contribution in [0.25, 0.3) is 0 Å². The molecule has 0 saturated carbocycles. The van der Waals surface area contributed by atoms with Gasteiger partial charge in [0.25, 0.3) is 5.91 Å². The Kier molecular flexibility index (Phi) is 10.2. The SMILES string of the molecule is CCCc1cccc(Cc2cc(CNCCC[C@H]3CCCCNC3)cc(C(=O)NC)n2)c1. The normalized spacial score (nSPS) is 16.5. The number of benzene rings is 1. The number of nitrogens with zero attached hydrogens (tertiary/aromatic N) is 1. The van der Waals surface area contributed by atoms with Crippen LogP contribution in [0, 0.1) is 5.92 Å². The molecule has 2 aromatic rings.